The van der Waals surface area contributed by atoms with Crippen LogP contribution in [0.4, 0.5) is 9.59 Å². The molecule has 2 heterocycles. The van der Waals surface area contributed by atoms with Gasteiger partial charge < -0.3 is 15.7 Å². The van der Waals surface area contributed by atoms with E-state index in [1.165, 1.54) is 0 Å². The van der Waals surface area contributed by atoms with E-state index in [1.807, 2.05) is 67.6 Å². The van der Waals surface area contributed by atoms with Gasteiger partial charge in [-0.15, -0.1) is 0 Å². The number of nitrogens with one attached hydrogen (secondary N) is 2. The van der Waals surface area contributed by atoms with Gasteiger partial charge in [-0.2, -0.15) is 0 Å². The Balaban J connectivity index is 2.06. The third-order valence-electron chi connectivity index (χ3n) is 5.54. The van der Waals surface area contributed by atoms with Crippen molar-refractivity contribution in [1.82, 2.24) is 20.4 Å². The molecule has 2 aliphatic heterocycles. The largest absolute Gasteiger partial charge is 0.395 e. The zero-order chi connectivity index (χ0) is 19.8. The maximum Gasteiger partial charge on any atom is 0.321 e. The summed E-state index contributed by atoms with van der Waals surface area (Å²) in [6.07, 6.45) is 0.730. The van der Waals surface area contributed by atoms with Crippen molar-refractivity contribution in [3.63, 3.8) is 0 Å². The summed E-state index contributed by atoms with van der Waals surface area (Å²) in [6.45, 7) is 2.35. The summed E-state index contributed by atoms with van der Waals surface area (Å²) in [5.41, 5.74) is -0.728. The molecule has 0 aliphatic carbocycles. The second-order valence-electron chi connectivity index (χ2n) is 7.04. The Hall–Kier alpha value is -3.06. The fourth-order valence-corrected chi connectivity index (χ4v) is 4.59. The lowest BCUT2D eigenvalue weighted by Gasteiger charge is -2.47. The summed E-state index contributed by atoms with van der Waals surface area (Å²) in [5, 5.41) is 15.8. The molecule has 0 aromatic heterocycles. The van der Waals surface area contributed by atoms with Gasteiger partial charge in [0.15, 0.2) is 11.3 Å². The number of nitrogens with zero attached hydrogens (tertiary/aromatic N) is 2. The van der Waals surface area contributed by atoms with Crippen molar-refractivity contribution in [3.8, 4) is 0 Å². The van der Waals surface area contributed by atoms with Crippen LogP contribution in [-0.2, 0) is 11.3 Å². The molecule has 0 spiro atoms. The van der Waals surface area contributed by atoms with Gasteiger partial charge in [0.25, 0.3) is 0 Å². The first-order valence-electron chi connectivity index (χ1n) is 9.53. The topological polar surface area (TPSA) is 84.9 Å². The van der Waals surface area contributed by atoms with E-state index < -0.39 is 11.3 Å². The summed E-state index contributed by atoms with van der Waals surface area (Å²) in [7, 11) is 0. The van der Waals surface area contributed by atoms with E-state index >= 15 is 0 Å². The van der Waals surface area contributed by atoms with E-state index in [9.17, 15) is 14.7 Å². The third-order valence-corrected chi connectivity index (χ3v) is 5.54. The van der Waals surface area contributed by atoms with Crippen LogP contribution in [0.5, 0.6) is 0 Å². The Morgan fingerprint density at radius 3 is 1.82 bits per heavy atom. The third kappa shape index (κ3) is 2.26. The van der Waals surface area contributed by atoms with Gasteiger partial charge >= 0.3 is 12.1 Å². The highest BCUT2D eigenvalue weighted by atomic mass is 16.3. The summed E-state index contributed by atoms with van der Waals surface area (Å²) < 4.78 is 0. The maximum atomic E-state index is 13.2. The number of fused-ring (bicyclic) bond motifs is 1. The predicted molar refractivity (Wildman–Crippen MR) is 104 cm³/mol. The molecular weight excluding hydrogens is 356 g/mol. The van der Waals surface area contributed by atoms with Gasteiger partial charge in [-0.25, -0.2) is 9.59 Å². The van der Waals surface area contributed by atoms with Crippen molar-refractivity contribution < 1.29 is 14.7 Å². The smallest absolute Gasteiger partial charge is 0.321 e. The normalized spacial score (nSPS) is 26.2. The van der Waals surface area contributed by atoms with Gasteiger partial charge in [0.05, 0.1) is 6.61 Å². The van der Waals surface area contributed by atoms with E-state index in [0.717, 1.165) is 17.5 Å². The molecule has 2 aromatic carbocycles. The first-order valence-corrected chi connectivity index (χ1v) is 9.53. The van der Waals surface area contributed by atoms with Crippen molar-refractivity contribution in [3.05, 3.63) is 71.8 Å². The molecule has 2 aromatic rings. The van der Waals surface area contributed by atoms with Gasteiger partial charge in [-0.3, -0.25) is 9.80 Å². The average molecular weight is 380 g/mol. The number of benzene rings is 2. The van der Waals surface area contributed by atoms with E-state index in [1.54, 1.807) is 9.80 Å². The van der Waals surface area contributed by atoms with Gasteiger partial charge in [-0.05, 0) is 6.42 Å². The second-order valence-corrected chi connectivity index (χ2v) is 7.04. The molecule has 7 heteroatoms. The van der Waals surface area contributed by atoms with Gasteiger partial charge in [0, 0.05) is 24.2 Å². The number of aliphatic hydroxyl groups is 1. The fraction of sp³-hybridized carbons (Fsp3) is 0.333. The quantitative estimate of drug-likeness (QED) is 0.718. The van der Waals surface area contributed by atoms with Crippen LogP contribution in [0.3, 0.4) is 0 Å². The highest BCUT2D eigenvalue weighted by Gasteiger charge is 2.73. The van der Waals surface area contributed by atoms with Crippen LogP contribution in [0.25, 0.3) is 0 Å². The Morgan fingerprint density at radius 2 is 1.32 bits per heavy atom. The Morgan fingerprint density at radius 1 is 0.821 bits per heavy atom. The van der Waals surface area contributed by atoms with Gasteiger partial charge in [-0.1, -0.05) is 67.6 Å². The zero-order valence-corrected chi connectivity index (χ0v) is 15.8. The summed E-state index contributed by atoms with van der Waals surface area (Å²) in [4.78, 5) is 29.6. The molecule has 2 saturated heterocycles. The lowest BCUT2D eigenvalue weighted by molar-refractivity contribution is -0.0189. The number of amides is 4. The SMILES string of the molecule is CCCN1C(=O)NC2(c3ccccc3)NC(=O)N(CCO)C12c1ccccc1. The Bertz CT molecular complexity index is 844. The highest BCUT2D eigenvalue weighted by Crippen LogP contribution is 2.53. The zero-order valence-electron chi connectivity index (χ0n) is 15.8. The molecule has 2 unspecified atom stereocenters. The van der Waals surface area contributed by atoms with Crippen LogP contribution in [-0.4, -0.2) is 46.7 Å². The molecule has 3 N–H and O–H groups in total. The van der Waals surface area contributed by atoms with Crippen molar-refractivity contribution in [2.75, 3.05) is 19.7 Å². The van der Waals surface area contributed by atoms with Crippen LogP contribution < -0.4 is 10.6 Å². The van der Waals surface area contributed by atoms with Crippen LogP contribution in [0.15, 0.2) is 60.7 Å². The van der Waals surface area contributed by atoms with Crippen molar-refractivity contribution in [2.24, 2.45) is 0 Å². The van der Waals surface area contributed by atoms with Crippen molar-refractivity contribution >= 4 is 12.1 Å². The van der Waals surface area contributed by atoms with E-state index in [4.69, 9.17) is 0 Å². The number of carbonyl (C=O) groups excluding carboxylic acids is 2. The maximum absolute atomic E-state index is 13.2. The van der Waals surface area contributed by atoms with Crippen molar-refractivity contribution in [1.29, 1.82) is 0 Å². The van der Waals surface area contributed by atoms with Crippen LogP contribution in [0, 0.1) is 0 Å². The molecule has 4 amide bonds. The van der Waals surface area contributed by atoms with Gasteiger partial charge in [0.2, 0.25) is 0 Å². The lowest BCUT2D eigenvalue weighted by Crippen LogP contribution is -2.63. The summed E-state index contributed by atoms with van der Waals surface area (Å²) >= 11 is 0. The molecule has 2 aliphatic rings. The first-order chi connectivity index (χ1) is 13.6. The molecule has 146 valence electrons. The molecule has 4 rings (SSSR count). The van der Waals surface area contributed by atoms with Gasteiger partial charge in [0.1, 0.15) is 0 Å². The molecule has 0 bridgehead atoms. The molecule has 7 nitrogen and oxygen atoms in total. The first kappa shape index (κ1) is 18.3. The number of aliphatic hydroxyl groups excluding tert-OH is 1. The number of hydrogen-bond donors (Lipinski definition) is 3. The summed E-state index contributed by atoms with van der Waals surface area (Å²) in [5.74, 6) is 0. The van der Waals surface area contributed by atoms with Crippen LogP contribution in [0.2, 0.25) is 0 Å². The average Bonchev–Trinajstić information content (AvgIpc) is 3.11. The number of carbonyl (C=O) groups is 2. The standard InChI is InChI=1S/C21H24N4O3/c1-2-13-24-18(27)22-20(16-9-5-3-6-10-16)21(24,17-11-7-4-8-12-17)25(14-15-26)19(28)23-20/h3-12,26H,2,13-15H2,1H3,(H,22,27)(H,23,28). The predicted octanol–water partition coefficient (Wildman–Crippen LogP) is 2.15. The monoisotopic (exact) mass is 380 g/mol. The molecule has 2 fully saturated rings. The Labute approximate surface area is 163 Å². The number of urea groups is 2. The molecule has 0 radical (unpaired) electrons. The molecule has 2 atom stereocenters. The number of rotatable bonds is 6. The number of β-amino-alcohol motifs (C(OH)–C–C–N with tert-alkyl or cyclic N) is 1. The Kier molecular flexibility index (Phi) is 4.47. The molecule has 28 heavy (non-hydrogen) atoms. The second kappa shape index (κ2) is 6.83. The molecular formula is C21H24N4O3. The lowest BCUT2D eigenvalue weighted by atomic mass is 9.81. The summed E-state index contributed by atoms with van der Waals surface area (Å²) in [6, 6.07) is 18.4. The van der Waals surface area contributed by atoms with Crippen molar-refractivity contribution in [2.45, 2.75) is 24.7 Å². The minimum Gasteiger partial charge on any atom is -0.395 e. The van der Waals surface area contributed by atoms with Crippen LogP contribution >= 0.6 is 0 Å². The fourth-order valence-electron chi connectivity index (χ4n) is 4.59. The molecule has 0 saturated carbocycles. The minimum atomic E-state index is -1.17. The minimum absolute atomic E-state index is 0.102. The highest BCUT2D eigenvalue weighted by molar-refractivity contribution is 5.89. The van der Waals surface area contributed by atoms with Crippen LogP contribution in [0.1, 0.15) is 24.5 Å². The van der Waals surface area contributed by atoms with E-state index in [2.05, 4.69) is 10.6 Å². The van der Waals surface area contributed by atoms with E-state index in [-0.39, 0.29) is 25.2 Å². The number of hydrogen-bond acceptors (Lipinski definition) is 3. The van der Waals surface area contributed by atoms with E-state index in [0.29, 0.717) is 6.54 Å².